The highest BCUT2D eigenvalue weighted by Gasteiger charge is 2.13. The molecule has 1 aromatic carbocycles. The molecule has 2 N–H and O–H groups in total. The molecule has 0 amide bonds. The lowest BCUT2D eigenvalue weighted by Gasteiger charge is -2.15. The summed E-state index contributed by atoms with van der Waals surface area (Å²) in [6.07, 6.45) is 2.01. The van der Waals surface area contributed by atoms with Crippen molar-refractivity contribution in [1.29, 1.82) is 0 Å². The van der Waals surface area contributed by atoms with E-state index in [9.17, 15) is 4.39 Å². The molecule has 0 atom stereocenters. The van der Waals surface area contributed by atoms with Gasteiger partial charge in [-0.1, -0.05) is 25.5 Å². The summed E-state index contributed by atoms with van der Waals surface area (Å²) in [5.41, 5.74) is 7.81. The van der Waals surface area contributed by atoms with Crippen molar-refractivity contribution in [2.45, 2.75) is 32.9 Å². The Morgan fingerprint density at radius 3 is 2.85 bits per heavy atom. The fraction of sp³-hybridized carbons (Fsp3) is 0.400. The molecule has 0 saturated carbocycles. The zero-order valence-electron chi connectivity index (χ0n) is 11.9. The summed E-state index contributed by atoms with van der Waals surface area (Å²) >= 11 is 1.63. The quantitative estimate of drug-likeness (QED) is 0.888. The molecule has 2 aromatic rings. The van der Waals surface area contributed by atoms with Crippen molar-refractivity contribution in [2.24, 2.45) is 5.73 Å². The van der Waals surface area contributed by atoms with Crippen LogP contribution in [0.15, 0.2) is 24.3 Å². The van der Waals surface area contributed by atoms with Crippen LogP contribution in [0.4, 0.5) is 9.52 Å². The van der Waals surface area contributed by atoms with E-state index in [2.05, 4.69) is 11.9 Å². The van der Waals surface area contributed by atoms with Gasteiger partial charge in [0, 0.05) is 25.0 Å². The zero-order valence-corrected chi connectivity index (χ0v) is 12.7. The van der Waals surface area contributed by atoms with Crippen LogP contribution in [0.1, 0.15) is 29.5 Å². The van der Waals surface area contributed by atoms with Crippen LogP contribution < -0.4 is 10.6 Å². The summed E-state index contributed by atoms with van der Waals surface area (Å²) in [6.45, 7) is 3.30. The first kappa shape index (κ1) is 14.9. The minimum Gasteiger partial charge on any atom is -0.347 e. The molecule has 1 heterocycles. The normalized spacial score (nSPS) is 10.8. The molecule has 3 nitrogen and oxygen atoms in total. The fourth-order valence-corrected chi connectivity index (χ4v) is 3.05. The van der Waals surface area contributed by atoms with Crippen LogP contribution >= 0.6 is 11.3 Å². The third-order valence-corrected chi connectivity index (χ3v) is 4.31. The van der Waals surface area contributed by atoms with Gasteiger partial charge in [0.1, 0.15) is 5.82 Å². The lowest BCUT2D eigenvalue weighted by molar-refractivity contribution is 0.625. The first-order valence-electron chi connectivity index (χ1n) is 6.78. The highest BCUT2D eigenvalue weighted by molar-refractivity contribution is 7.15. The molecular formula is C15H20FN3S. The first-order valence-corrected chi connectivity index (χ1v) is 7.60. The Hall–Kier alpha value is -1.46. The molecule has 0 aliphatic heterocycles. The molecule has 0 fully saturated rings. The van der Waals surface area contributed by atoms with Crippen LogP contribution in [-0.2, 0) is 19.5 Å². The Morgan fingerprint density at radius 2 is 2.20 bits per heavy atom. The van der Waals surface area contributed by atoms with E-state index in [1.54, 1.807) is 23.5 Å². The van der Waals surface area contributed by atoms with E-state index in [-0.39, 0.29) is 5.82 Å². The smallest absolute Gasteiger partial charge is 0.185 e. The number of thiazole rings is 1. The van der Waals surface area contributed by atoms with Gasteiger partial charge in [0.15, 0.2) is 5.13 Å². The molecule has 1 aromatic heterocycles. The third kappa shape index (κ3) is 3.55. The first-order chi connectivity index (χ1) is 9.63. The number of halogens is 1. The average Bonchev–Trinajstić information content (AvgIpc) is 2.82. The number of aromatic nitrogens is 1. The zero-order chi connectivity index (χ0) is 14.5. The van der Waals surface area contributed by atoms with Gasteiger partial charge >= 0.3 is 0 Å². The molecule has 0 unspecified atom stereocenters. The molecule has 0 aliphatic carbocycles. The third-order valence-electron chi connectivity index (χ3n) is 3.07. The molecule has 108 valence electrons. The average molecular weight is 293 g/mol. The predicted octanol–water partition coefficient (Wildman–Crippen LogP) is 3.33. The number of nitrogens with two attached hydrogens (primary N) is 1. The van der Waals surface area contributed by atoms with E-state index >= 15 is 0 Å². The van der Waals surface area contributed by atoms with Gasteiger partial charge in [0.05, 0.1) is 5.69 Å². The van der Waals surface area contributed by atoms with Crippen LogP contribution in [0.3, 0.4) is 0 Å². The number of aryl methyl sites for hydroxylation is 1. The Bertz CT molecular complexity index is 568. The molecule has 2 rings (SSSR count). The number of rotatable bonds is 6. The van der Waals surface area contributed by atoms with Crippen molar-refractivity contribution in [3.05, 3.63) is 46.2 Å². The van der Waals surface area contributed by atoms with Gasteiger partial charge < -0.3 is 10.6 Å². The largest absolute Gasteiger partial charge is 0.347 e. The van der Waals surface area contributed by atoms with Gasteiger partial charge in [-0.2, -0.15) is 0 Å². The van der Waals surface area contributed by atoms with Crippen LogP contribution in [-0.4, -0.2) is 12.0 Å². The highest BCUT2D eigenvalue weighted by Crippen LogP contribution is 2.27. The highest BCUT2D eigenvalue weighted by atomic mass is 32.1. The SMILES string of the molecule is CCCc1nc(N(C)Cc2cccc(F)c2)sc1CN. The van der Waals surface area contributed by atoms with Crippen molar-refractivity contribution in [3.8, 4) is 0 Å². The molecule has 0 spiro atoms. The van der Waals surface area contributed by atoms with Crippen LogP contribution in [0.25, 0.3) is 0 Å². The number of nitrogens with zero attached hydrogens (tertiary/aromatic N) is 2. The van der Waals surface area contributed by atoms with E-state index in [0.717, 1.165) is 34.1 Å². The minimum atomic E-state index is -0.204. The van der Waals surface area contributed by atoms with E-state index in [4.69, 9.17) is 5.73 Å². The molecule has 0 bridgehead atoms. The van der Waals surface area contributed by atoms with Gasteiger partial charge in [0.2, 0.25) is 0 Å². The summed E-state index contributed by atoms with van der Waals surface area (Å²) in [6, 6.07) is 6.66. The monoisotopic (exact) mass is 293 g/mol. The Labute approximate surface area is 123 Å². The number of hydrogen-bond acceptors (Lipinski definition) is 4. The van der Waals surface area contributed by atoms with Crippen molar-refractivity contribution in [1.82, 2.24) is 4.98 Å². The topological polar surface area (TPSA) is 42.2 Å². The number of hydrogen-bond donors (Lipinski definition) is 1. The standard InChI is InChI=1S/C15H20FN3S/c1-3-5-13-14(9-17)20-15(18-13)19(2)10-11-6-4-7-12(16)8-11/h4,6-8H,3,5,9-10,17H2,1-2H3. The minimum absolute atomic E-state index is 0.204. The Balaban J connectivity index is 2.14. The molecule has 0 saturated heterocycles. The number of benzene rings is 1. The molecular weight excluding hydrogens is 273 g/mol. The Morgan fingerprint density at radius 1 is 1.40 bits per heavy atom. The molecule has 0 radical (unpaired) electrons. The molecule has 5 heteroatoms. The van der Waals surface area contributed by atoms with Gasteiger partial charge in [-0.05, 0) is 24.1 Å². The van der Waals surface area contributed by atoms with Gasteiger partial charge in [-0.3, -0.25) is 0 Å². The van der Waals surface area contributed by atoms with E-state index in [1.807, 2.05) is 18.0 Å². The molecule has 20 heavy (non-hydrogen) atoms. The maximum Gasteiger partial charge on any atom is 0.185 e. The lowest BCUT2D eigenvalue weighted by atomic mass is 10.2. The fourth-order valence-electron chi connectivity index (χ4n) is 2.10. The summed E-state index contributed by atoms with van der Waals surface area (Å²) in [7, 11) is 1.97. The summed E-state index contributed by atoms with van der Waals surface area (Å²) in [5, 5.41) is 0.943. The van der Waals surface area contributed by atoms with Gasteiger partial charge in [-0.15, -0.1) is 11.3 Å². The van der Waals surface area contributed by atoms with Crippen molar-refractivity contribution in [2.75, 3.05) is 11.9 Å². The Kier molecular flexibility index (Phi) is 5.09. The van der Waals surface area contributed by atoms with E-state index < -0.39 is 0 Å². The summed E-state index contributed by atoms with van der Waals surface area (Å²) in [5.74, 6) is -0.204. The molecule has 0 aliphatic rings. The second-order valence-corrected chi connectivity index (χ2v) is 5.87. The number of anilines is 1. The maximum absolute atomic E-state index is 13.2. The van der Waals surface area contributed by atoms with E-state index in [0.29, 0.717) is 13.1 Å². The van der Waals surface area contributed by atoms with Gasteiger partial charge in [0.25, 0.3) is 0 Å². The van der Waals surface area contributed by atoms with Crippen LogP contribution in [0, 0.1) is 5.82 Å². The van der Waals surface area contributed by atoms with Crippen LogP contribution in [0.5, 0.6) is 0 Å². The van der Waals surface area contributed by atoms with Crippen molar-refractivity contribution < 1.29 is 4.39 Å². The van der Waals surface area contributed by atoms with Crippen molar-refractivity contribution in [3.63, 3.8) is 0 Å². The lowest BCUT2D eigenvalue weighted by Crippen LogP contribution is -2.16. The maximum atomic E-state index is 13.2. The van der Waals surface area contributed by atoms with E-state index in [1.165, 1.54) is 6.07 Å². The predicted molar refractivity (Wildman–Crippen MR) is 82.5 cm³/mol. The summed E-state index contributed by atoms with van der Waals surface area (Å²) < 4.78 is 13.2. The second-order valence-electron chi connectivity index (χ2n) is 4.81. The van der Waals surface area contributed by atoms with Crippen molar-refractivity contribution >= 4 is 16.5 Å². The second kappa shape index (κ2) is 6.81. The van der Waals surface area contributed by atoms with Crippen LogP contribution in [0.2, 0.25) is 0 Å². The summed E-state index contributed by atoms with van der Waals surface area (Å²) in [4.78, 5) is 7.85. The van der Waals surface area contributed by atoms with Gasteiger partial charge in [-0.25, -0.2) is 9.37 Å².